The van der Waals surface area contributed by atoms with Crippen LogP contribution in [0.2, 0.25) is 0 Å². The van der Waals surface area contributed by atoms with Crippen molar-refractivity contribution in [2.45, 2.75) is 47.6 Å². The monoisotopic (exact) mass is 310 g/mol. The van der Waals surface area contributed by atoms with Crippen molar-refractivity contribution < 1.29 is 9.53 Å². The number of anilines is 2. The number of allylic oxidation sites excluding steroid dienone is 1. The van der Waals surface area contributed by atoms with Crippen molar-refractivity contribution in [3.05, 3.63) is 16.5 Å². The molecule has 1 heterocycles. The summed E-state index contributed by atoms with van der Waals surface area (Å²) in [6.07, 6.45) is 2.09. The van der Waals surface area contributed by atoms with E-state index >= 15 is 0 Å². The molecule has 1 aromatic rings. The van der Waals surface area contributed by atoms with Gasteiger partial charge in [-0.3, -0.25) is 4.79 Å². The molecule has 0 atom stereocenters. The van der Waals surface area contributed by atoms with Gasteiger partial charge in [-0.25, -0.2) is 0 Å². The lowest BCUT2D eigenvalue weighted by Crippen LogP contribution is -2.10. The molecule has 21 heavy (non-hydrogen) atoms. The van der Waals surface area contributed by atoms with Crippen molar-refractivity contribution >= 4 is 27.8 Å². The van der Waals surface area contributed by atoms with Gasteiger partial charge in [0.25, 0.3) is 0 Å². The van der Waals surface area contributed by atoms with E-state index in [1.807, 2.05) is 41.5 Å². The number of hydrogen-bond donors (Lipinski definition) is 2. The van der Waals surface area contributed by atoms with Crippen LogP contribution in [0.3, 0.4) is 0 Å². The molecule has 0 unspecified atom stereocenters. The number of ether oxygens (including phenoxy) is 1. The molecule has 0 fully saturated rings. The maximum Gasteiger partial charge on any atom is 0.177 e. The Kier molecular flexibility index (Phi) is 6.27. The second-order valence-corrected chi connectivity index (χ2v) is 6.87. The fourth-order valence-electron chi connectivity index (χ4n) is 1.69. The van der Waals surface area contributed by atoms with Crippen LogP contribution in [0.1, 0.15) is 51.2 Å². The maximum absolute atomic E-state index is 12.2. The van der Waals surface area contributed by atoms with Crippen molar-refractivity contribution in [3.8, 4) is 5.75 Å². The van der Waals surface area contributed by atoms with E-state index in [2.05, 4.69) is 11.4 Å². The van der Waals surface area contributed by atoms with Gasteiger partial charge in [0.05, 0.1) is 16.7 Å². The van der Waals surface area contributed by atoms with Gasteiger partial charge in [0, 0.05) is 12.5 Å². The van der Waals surface area contributed by atoms with Gasteiger partial charge in [-0.1, -0.05) is 25.5 Å². The van der Waals surface area contributed by atoms with Crippen LogP contribution in [0.4, 0.5) is 10.7 Å². The van der Waals surface area contributed by atoms with Crippen LogP contribution in [0, 0.1) is 5.92 Å². The van der Waals surface area contributed by atoms with E-state index < -0.39 is 0 Å². The molecule has 0 saturated heterocycles. The van der Waals surface area contributed by atoms with Crippen LogP contribution in [-0.2, 0) is 0 Å². The molecule has 0 saturated carbocycles. The van der Waals surface area contributed by atoms with E-state index in [0.29, 0.717) is 22.9 Å². The van der Waals surface area contributed by atoms with Crippen LogP contribution < -0.4 is 15.8 Å². The second kappa shape index (κ2) is 7.50. The summed E-state index contributed by atoms with van der Waals surface area (Å²) in [6.45, 7) is 12.4. The minimum atomic E-state index is -0.0801. The quantitative estimate of drug-likeness (QED) is 0.581. The number of carbonyl (C=O) groups excluding carboxylic acids is 1. The molecule has 4 nitrogen and oxygen atoms in total. The Labute approximate surface area is 131 Å². The Morgan fingerprint density at radius 1 is 1.33 bits per heavy atom. The summed E-state index contributed by atoms with van der Waals surface area (Å²) in [5.74, 6) is 0.575. The second-order valence-electron chi connectivity index (χ2n) is 5.85. The lowest BCUT2D eigenvalue weighted by molar-refractivity contribution is 0.0944. The van der Waals surface area contributed by atoms with Crippen LogP contribution in [0.5, 0.6) is 5.75 Å². The number of Topliss-reactive ketones (excluding diaryl/α,β-unsaturated/α-hetero) is 1. The lowest BCUT2D eigenvalue weighted by atomic mass is 10.1. The lowest BCUT2D eigenvalue weighted by Gasteiger charge is -2.12. The van der Waals surface area contributed by atoms with Crippen molar-refractivity contribution in [3.63, 3.8) is 0 Å². The number of hydrogen-bond acceptors (Lipinski definition) is 5. The van der Waals surface area contributed by atoms with E-state index in [1.165, 1.54) is 16.9 Å². The summed E-state index contributed by atoms with van der Waals surface area (Å²) in [6, 6.07) is 0. The van der Waals surface area contributed by atoms with Crippen molar-refractivity contribution in [1.82, 2.24) is 0 Å². The highest BCUT2D eigenvalue weighted by Crippen LogP contribution is 2.44. The van der Waals surface area contributed by atoms with Crippen LogP contribution in [0.15, 0.2) is 11.6 Å². The molecule has 0 amide bonds. The summed E-state index contributed by atoms with van der Waals surface area (Å²) >= 11 is 1.38. The number of nitrogens with two attached hydrogens (primary N) is 1. The summed E-state index contributed by atoms with van der Waals surface area (Å²) in [5.41, 5.74) is 7.82. The molecule has 0 radical (unpaired) electrons. The first-order valence-corrected chi connectivity index (χ1v) is 8.06. The van der Waals surface area contributed by atoms with Crippen LogP contribution in [-0.4, -0.2) is 18.4 Å². The Morgan fingerprint density at radius 3 is 2.43 bits per heavy atom. The topological polar surface area (TPSA) is 64.4 Å². The third-order valence-electron chi connectivity index (χ3n) is 2.77. The SMILES string of the molecule is CC(C)=CCNc1sc(C(=O)C(C)C)c(N)c1OC(C)C. The Hall–Kier alpha value is -1.49. The molecule has 0 aliphatic carbocycles. The van der Waals surface area contributed by atoms with Crippen LogP contribution in [0.25, 0.3) is 0 Å². The zero-order valence-electron chi connectivity index (χ0n) is 13.7. The molecule has 1 aromatic heterocycles. The molecule has 3 N–H and O–H groups in total. The van der Waals surface area contributed by atoms with E-state index in [1.54, 1.807) is 0 Å². The van der Waals surface area contributed by atoms with Crippen LogP contribution >= 0.6 is 11.3 Å². The Bertz CT molecular complexity index is 527. The molecule has 0 aliphatic rings. The number of carbonyl (C=O) groups is 1. The van der Waals surface area contributed by atoms with Gasteiger partial charge in [-0.05, 0) is 27.7 Å². The number of thiophene rings is 1. The molecule has 1 rings (SSSR count). The van der Waals surface area contributed by atoms with Crippen molar-refractivity contribution in [2.24, 2.45) is 5.92 Å². The predicted octanol–water partition coefficient (Wildman–Crippen LogP) is 4.33. The molecule has 0 aliphatic heterocycles. The van der Waals surface area contributed by atoms with Gasteiger partial charge in [-0.15, -0.1) is 11.3 Å². The normalized spacial score (nSPS) is 10.9. The molecule has 0 aromatic carbocycles. The third-order valence-corrected chi connectivity index (χ3v) is 3.93. The Balaban J connectivity index is 3.11. The van der Waals surface area contributed by atoms with E-state index in [9.17, 15) is 4.79 Å². The number of ketones is 1. The fraction of sp³-hybridized carbons (Fsp3) is 0.562. The molecule has 118 valence electrons. The van der Waals surface area contributed by atoms with Gasteiger partial charge < -0.3 is 15.8 Å². The van der Waals surface area contributed by atoms with Gasteiger partial charge in [-0.2, -0.15) is 0 Å². The Morgan fingerprint density at radius 2 is 1.95 bits per heavy atom. The van der Waals surface area contributed by atoms with Crippen molar-refractivity contribution in [2.75, 3.05) is 17.6 Å². The number of nitrogen functional groups attached to an aromatic ring is 1. The van der Waals surface area contributed by atoms with Gasteiger partial charge in [0.1, 0.15) is 5.00 Å². The van der Waals surface area contributed by atoms with Crippen molar-refractivity contribution in [1.29, 1.82) is 0 Å². The number of rotatable bonds is 7. The maximum atomic E-state index is 12.2. The standard InChI is InChI=1S/C16H26N2O2S/c1-9(2)7-8-18-16-14(20-11(5)6)12(17)15(21-16)13(19)10(3)4/h7,10-11,18H,8,17H2,1-6H3. The highest BCUT2D eigenvalue weighted by molar-refractivity contribution is 7.19. The minimum Gasteiger partial charge on any atom is -0.486 e. The summed E-state index contributed by atoms with van der Waals surface area (Å²) in [4.78, 5) is 12.8. The van der Waals surface area contributed by atoms with E-state index in [4.69, 9.17) is 10.5 Å². The van der Waals surface area contributed by atoms with E-state index in [0.717, 1.165) is 5.00 Å². The summed E-state index contributed by atoms with van der Waals surface area (Å²) in [5, 5.41) is 4.11. The smallest absolute Gasteiger partial charge is 0.177 e. The van der Waals surface area contributed by atoms with Gasteiger partial charge >= 0.3 is 0 Å². The fourth-order valence-corrected chi connectivity index (χ4v) is 2.84. The number of nitrogens with one attached hydrogen (secondary N) is 1. The molecular formula is C16H26N2O2S. The first-order valence-electron chi connectivity index (χ1n) is 7.24. The first kappa shape index (κ1) is 17.6. The van der Waals surface area contributed by atoms with Gasteiger partial charge in [0.2, 0.25) is 0 Å². The molecular weight excluding hydrogens is 284 g/mol. The molecule has 0 spiro atoms. The minimum absolute atomic E-state index is 0.00732. The highest BCUT2D eigenvalue weighted by atomic mass is 32.1. The first-order chi connectivity index (χ1) is 9.73. The average molecular weight is 310 g/mol. The summed E-state index contributed by atoms with van der Waals surface area (Å²) in [7, 11) is 0. The van der Waals surface area contributed by atoms with Gasteiger partial charge in [0.15, 0.2) is 11.5 Å². The third kappa shape index (κ3) is 4.77. The molecule has 0 bridgehead atoms. The zero-order valence-corrected chi connectivity index (χ0v) is 14.6. The zero-order chi connectivity index (χ0) is 16.2. The largest absolute Gasteiger partial charge is 0.486 e. The summed E-state index contributed by atoms with van der Waals surface area (Å²) < 4.78 is 5.79. The highest BCUT2D eigenvalue weighted by Gasteiger charge is 2.24. The molecule has 5 heteroatoms. The predicted molar refractivity (Wildman–Crippen MR) is 91.6 cm³/mol. The average Bonchev–Trinajstić information content (AvgIpc) is 2.65. The van der Waals surface area contributed by atoms with E-state index in [-0.39, 0.29) is 17.8 Å².